The second kappa shape index (κ2) is 10.9. The smallest absolute Gasteiger partial charge is 0.241 e. The van der Waals surface area contributed by atoms with E-state index in [1.54, 1.807) is 12.4 Å². The number of imidazole rings is 1. The molecule has 2 aliphatic rings. The third-order valence-electron chi connectivity index (χ3n) is 7.10. The summed E-state index contributed by atoms with van der Waals surface area (Å²) in [6.45, 7) is 7.98. The molecule has 7 nitrogen and oxygen atoms in total. The van der Waals surface area contributed by atoms with Crippen LogP contribution in [0.5, 0.6) is 0 Å². The lowest BCUT2D eigenvalue weighted by Crippen LogP contribution is -2.39. The van der Waals surface area contributed by atoms with Crippen LogP contribution in [0.3, 0.4) is 0 Å². The van der Waals surface area contributed by atoms with Gasteiger partial charge in [0.25, 0.3) is 0 Å². The quantitative estimate of drug-likeness (QED) is 0.558. The van der Waals surface area contributed by atoms with Crippen LogP contribution in [0.2, 0.25) is 0 Å². The maximum atomic E-state index is 13.3. The molecule has 1 aromatic carbocycles. The Morgan fingerprint density at radius 3 is 2.89 bits per heavy atom. The first kappa shape index (κ1) is 24.0. The molecule has 0 bridgehead atoms. The Balaban J connectivity index is 1.25. The van der Waals surface area contributed by atoms with Gasteiger partial charge in [0.2, 0.25) is 5.91 Å². The number of rotatable bonds is 6. The maximum Gasteiger partial charge on any atom is 0.241 e. The Kier molecular flexibility index (Phi) is 7.28. The summed E-state index contributed by atoms with van der Waals surface area (Å²) in [6, 6.07) is 10.5. The Morgan fingerprint density at radius 1 is 1.17 bits per heavy atom. The van der Waals surface area contributed by atoms with Gasteiger partial charge in [0.05, 0.1) is 12.7 Å². The van der Waals surface area contributed by atoms with Crippen LogP contribution in [0.4, 0.5) is 5.82 Å². The van der Waals surface area contributed by atoms with Crippen molar-refractivity contribution in [2.75, 3.05) is 38.0 Å². The maximum absolute atomic E-state index is 13.3. The average Bonchev–Trinajstić information content (AvgIpc) is 3.00. The van der Waals surface area contributed by atoms with E-state index in [0.717, 1.165) is 61.7 Å². The van der Waals surface area contributed by atoms with Gasteiger partial charge in [-0.25, -0.2) is 4.98 Å². The second-order valence-corrected chi connectivity index (χ2v) is 9.68. The third kappa shape index (κ3) is 5.41. The summed E-state index contributed by atoms with van der Waals surface area (Å²) >= 11 is 0. The highest BCUT2D eigenvalue weighted by Gasteiger charge is 2.24. The molecular formula is C29H34N6O. The van der Waals surface area contributed by atoms with E-state index in [-0.39, 0.29) is 12.5 Å². The number of nitrogens with zero attached hydrogens (tertiary/aromatic N) is 5. The van der Waals surface area contributed by atoms with Crippen molar-refractivity contribution in [3.63, 3.8) is 0 Å². The predicted octanol–water partition coefficient (Wildman–Crippen LogP) is 4.56. The summed E-state index contributed by atoms with van der Waals surface area (Å²) in [7, 11) is 0. The summed E-state index contributed by atoms with van der Waals surface area (Å²) in [6.07, 6.45) is 16.2. The highest BCUT2D eigenvalue weighted by atomic mass is 16.2. The number of nitrogens with one attached hydrogen (secondary N) is 1. The first-order valence-corrected chi connectivity index (χ1v) is 12.7. The largest absolute Gasteiger partial charge is 0.360 e. The topological polar surface area (TPSA) is 65.8 Å². The number of anilines is 1. The van der Waals surface area contributed by atoms with Crippen LogP contribution in [-0.4, -0.2) is 68.8 Å². The Morgan fingerprint density at radius 2 is 2.03 bits per heavy atom. The molecule has 1 atom stereocenters. The lowest BCUT2D eigenvalue weighted by molar-refractivity contribution is -0.129. The van der Waals surface area contributed by atoms with Crippen LogP contribution in [0.1, 0.15) is 26.7 Å². The summed E-state index contributed by atoms with van der Waals surface area (Å²) in [5.41, 5.74) is 5.31. The van der Waals surface area contributed by atoms with Gasteiger partial charge in [-0.15, -0.1) is 0 Å². The van der Waals surface area contributed by atoms with Gasteiger partial charge < -0.3 is 10.2 Å². The summed E-state index contributed by atoms with van der Waals surface area (Å²) in [5, 5.41) is 3.40. The molecule has 0 saturated carbocycles. The van der Waals surface area contributed by atoms with Gasteiger partial charge in [0.1, 0.15) is 11.5 Å². The lowest BCUT2D eigenvalue weighted by Gasteiger charge is -2.27. The fourth-order valence-electron chi connectivity index (χ4n) is 4.85. The van der Waals surface area contributed by atoms with E-state index in [9.17, 15) is 4.79 Å². The minimum atomic E-state index is 0.112. The number of allylic oxidation sites excluding steroid dienone is 4. The Bertz CT molecular complexity index is 1310. The van der Waals surface area contributed by atoms with Crippen LogP contribution >= 0.6 is 0 Å². The first-order chi connectivity index (χ1) is 17.6. The molecule has 5 rings (SSSR count). The van der Waals surface area contributed by atoms with Gasteiger partial charge in [-0.3, -0.25) is 19.1 Å². The van der Waals surface area contributed by atoms with E-state index < -0.39 is 0 Å². The van der Waals surface area contributed by atoms with Gasteiger partial charge in [-0.2, -0.15) is 0 Å². The number of carbonyl (C=O) groups is 1. The first-order valence-electron chi connectivity index (χ1n) is 12.7. The van der Waals surface area contributed by atoms with E-state index in [2.05, 4.69) is 53.4 Å². The molecule has 186 valence electrons. The Hall–Kier alpha value is -3.71. The van der Waals surface area contributed by atoms with E-state index in [1.807, 2.05) is 45.8 Å². The number of hydrogen-bond donors (Lipinski definition) is 1. The van der Waals surface area contributed by atoms with Crippen LogP contribution in [-0.2, 0) is 4.79 Å². The van der Waals surface area contributed by atoms with Gasteiger partial charge in [-0.05, 0) is 32.3 Å². The number of amides is 1. The third-order valence-corrected chi connectivity index (χ3v) is 7.10. The van der Waals surface area contributed by atoms with Crippen molar-refractivity contribution in [1.82, 2.24) is 24.2 Å². The monoisotopic (exact) mass is 482 g/mol. The molecule has 0 spiro atoms. The molecule has 2 aromatic heterocycles. The molecule has 0 radical (unpaired) electrons. The zero-order valence-corrected chi connectivity index (χ0v) is 21.1. The minimum absolute atomic E-state index is 0.112. The number of fused-ring (bicyclic) bond motifs is 1. The molecule has 7 heteroatoms. The molecule has 1 unspecified atom stereocenters. The van der Waals surface area contributed by atoms with Gasteiger partial charge in [-0.1, -0.05) is 60.2 Å². The van der Waals surface area contributed by atoms with E-state index >= 15 is 0 Å². The summed E-state index contributed by atoms with van der Waals surface area (Å²) in [4.78, 5) is 26.8. The fourth-order valence-corrected chi connectivity index (χ4v) is 4.85. The van der Waals surface area contributed by atoms with Crippen molar-refractivity contribution in [3.8, 4) is 11.3 Å². The number of aromatic nitrogens is 3. The molecule has 36 heavy (non-hydrogen) atoms. The molecule has 1 N–H and O–H groups in total. The van der Waals surface area contributed by atoms with Crippen LogP contribution in [0.25, 0.3) is 16.9 Å². The van der Waals surface area contributed by atoms with Crippen LogP contribution < -0.4 is 5.32 Å². The van der Waals surface area contributed by atoms with Gasteiger partial charge in [0.15, 0.2) is 5.65 Å². The van der Waals surface area contributed by atoms with E-state index in [1.165, 1.54) is 11.1 Å². The zero-order valence-electron chi connectivity index (χ0n) is 21.1. The van der Waals surface area contributed by atoms with Crippen molar-refractivity contribution in [3.05, 3.63) is 84.4 Å². The van der Waals surface area contributed by atoms with E-state index in [4.69, 9.17) is 4.98 Å². The molecular weight excluding hydrogens is 448 g/mol. The standard InChI is InChI=1S/C29H34N6O/c1-22-7-6-8-24(12-11-22)21-34-18-17-33(15-13-23(34)2)27(36)20-31-29-28(25-9-4-3-5-10-25)32-26-19-30-14-16-35(26)29/h3-10,12,14,16,19,23,31H,11,13,15,17-18,20-21H2,1-2H3. The predicted molar refractivity (Wildman–Crippen MR) is 145 cm³/mol. The fraction of sp³-hybridized carbons (Fsp3) is 0.345. The molecule has 1 aliphatic carbocycles. The number of hydrogen-bond acceptors (Lipinski definition) is 5. The lowest BCUT2D eigenvalue weighted by atomic mass is 10.1. The van der Waals surface area contributed by atoms with Crippen molar-refractivity contribution in [2.24, 2.45) is 0 Å². The number of benzene rings is 1. The SMILES string of the molecule is CC1=CC=CC(CN2CCN(C(=O)CNc3c(-c4ccccc4)nc4cnccn34)CCC2C)=CC1. The van der Waals surface area contributed by atoms with Crippen molar-refractivity contribution < 1.29 is 4.79 Å². The van der Waals surface area contributed by atoms with Gasteiger partial charge >= 0.3 is 0 Å². The Labute approximate surface area is 212 Å². The normalized spacial score (nSPS) is 18.9. The molecule has 1 amide bonds. The van der Waals surface area contributed by atoms with E-state index in [0.29, 0.717) is 6.04 Å². The average molecular weight is 483 g/mol. The number of carbonyl (C=O) groups excluding carboxylic acids is 1. The summed E-state index contributed by atoms with van der Waals surface area (Å²) in [5.74, 6) is 0.924. The molecule has 1 saturated heterocycles. The second-order valence-electron chi connectivity index (χ2n) is 9.68. The van der Waals surface area contributed by atoms with Crippen molar-refractivity contribution in [1.29, 1.82) is 0 Å². The van der Waals surface area contributed by atoms with Crippen molar-refractivity contribution in [2.45, 2.75) is 32.7 Å². The highest BCUT2D eigenvalue weighted by Crippen LogP contribution is 2.28. The minimum Gasteiger partial charge on any atom is -0.360 e. The molecule has 3 heterocycles. The molecule has 1 aliphatic heterocycles. The van der Waals surface area contributed by atoms with Crippen molar-refractivity contribution >= 4 is 17.4 Å². The van der Waals surface area contributed by atoms with Crippen LogP contribution in [0, 0.1) is 0 Å². The highest BCUT2D eigenvalue weighted by molar-refractivity contribution is 5.83. The van der Waals surface area contributed by atoms with Gasteiger partial charge in [0, 0.05) is 50.2 Å². The zero-order chi connectivity index (χ0) is 24.9. The molecule has 3 aromatic rings. The molecule has 1 fully saturated rings. The van der Waals surface area contributed by atoms with Crippen LogP contribution in [0.15, 0.2) is 84.4 Å². The summed E-state index contributed by atoms with van der Waals surface area (Å²) < 4.78 is 1.96.